The van der Waals surface area contributed by atoms with E-state index < -0.39 is 97.1 Å². The molecule has 3 fully saturated rings. The van der Waals surface area contributed by atoms with Gasteiger partial charge in [0.1, 0.15) is 12.2 Å². The second-order valence-corrected chi connectivity index (χ2v) is 16.5. The lowest BCUT2D eigenvalue weighted by Gasteiger charge is -2.51. The lowest BCUT2D eigenvalue weighted by molar-refractivity contribution is -0.327. The summed E-state index contributed by atoms with van der Waals surface area (Å²) in [7, 11) is 1.20. The van der Waals surface area contributed by atoms with Crippen LogP contribution in [-0.4, -0.2) is 120 Å². The number of carbonyl (C=O) groups excluding carboxylic acids is 4. The summed E-state index contributed by atoms with van der Waals surface area (Å²) in [4.78, 5) is 52.2. The van der Waals surface area contributed by atoms with Gasteiger partial charge >= 0.3 is 23.9 Å². The van der Waals surface area contributed by atoms with Crippen LogP contribution >= 0.6 is 0 Å². The molecule has 16 heteroatoms. The highest BCUT2D eigenvalue weighted by molar-refractivity contribution is 5.86. The zero-order valence-electron chi connectivity index (χ0n) is 34.6. The SMILES string of the molecule is CCCCCCCC(=O)O[C@H]1/C(=C/C(=O)OC)C[C@H]2C[C@H](CO)OC(=O)C[C@H](O)C[C@@H]3C[C@H](OC(=O)c4ccco4)C[C@H](C[C@@H]4CCO[C@H](/C=C/C(C)(C)[C@]1(O)O2)O4)O3. The van der Waals surface area contributed by atoms with Crippen molar-refractivity contribution in [2.75, 3.05) is 20.3 Å². The van der Waals surface area contributed by atoms with E-state index in [2.05, 4.69) is 6.92 Å². The monoisotopic (exact) mass is 834 g/mol. The lowest BCUT2D eigenvalue weighted by atomic mass is 9.74. The number of aliphatic hydroxyl groups excluding tert-OH is 2. The molecule has 1 aromatic rings. The van der Waals surface area contributed by atoms with Gasteiger partial charge in [0.15, 0.2) is 12.4 Å². The maximum Gasteiger partial charge on any atom is 0.374 e. The van der Waals surface area contributed by atoms with Crippen LogP contribution in [0.5, 0.6) is 0 Å². The number of rotatable bonds is 11. The van der Waals surface area contributed by atoms with Gasteiger partial charge in [0.25, 0.3) is 0 Å². The van der Waals surface area contributed by atoms with Crippen LogP contribution < -0.4 is 0 Å². The van der Waals surface area contributed by atoms with E-state index >= 15 is 0 Å². The van der Waals surface area contributed by atoms with E-state index in [9.17, 15) is 34.5 Å². The average molecular weight is 835 g/mol. The first kappa shape index (κ1) is 46.4. The van der Waals surface area contributed by atoms with Gasteiger partial charge in [0.05, 0.1) is 63.5 Å². The standard InChI is InChI=1S/C43H62O16/c1-5-6-7-8-9-12-36(46)58-40-27(19-37(47)51-4)18-33-25-34(26-44)55-38(48)21-28(45)20-30-23-32(57-41(49)35-11-10-16-52-35)24-31(54-30)22-29-14-17-53-39(56-29)13-15-42(2,3)43(40,50)59-33/h10-11,13,15-16,19,28-34,39-40,44-45,50H,5-9,12,14,17-18,20-26H2,1-4H3/b15-13+,27-19+/t28-,29+,30-,31+,32+,33+,34-,39+,40+,43-/m1/s1. The molecular formula is C43H62O16. The molecule has 0 unspecified atom stereocenters. The molecule has 10 atom stereocenters. The molecular weight excluding hydrogens is 772 g/mol. The van der Waals surface area contributed by atoms with Crippen molar-refractivity contribution >= 4 is 23.9 Å². The Morgan fingerprint density at radius 1 is 0.949 bits per heavy atom. The molecule has 3 N–H and O–H groups in total. The van der Waals surface area contributed by atoms with Gasteiger partial charge in [-0.2, -0.15) is 0 Å². The summed E-state index contributed by atoms with van der Waals surface area (Å²) in [5.74, 6) is -5.02. The van der Waals surface area contributed by atoms with Crippen molar-refractivity contribution < 1.29 is 76.8 Å². The summed E-state index contributed by atoms with van der Waals surface area (Å²) in [5, 5.41) is 34.2. The number of esters is 4. The van der Waals surface area contributed by atoms with Crippen LogP contribution in [0.2, 0.25) is 0 Å². The van der Waals surface area contributed by atoms with Crippen molar-refractivity contribution in [3.8, 4) is 0 Å². The molecule has 16 nitrogen and oxygen atoms in total. The Hall–Kier alpha value is -3.64. The minimum Gasteiger partial charge on any atom is -0.466 e. The Labute approximate surface area is 345 Å². The van der Waals surface area contributed by atoms with Gasteiger partial charge < -0.3 is 57.6 Å². The van der Waals surface area contributed by atoms with Crippen LogP contribution in [0.1, 0.15) is 121 Å². The molecule has 0 radical (unpaired) electrons. The molecule has 3 saturated heterocycles. The van der Waals surface area contributed by atoms with Crippen molar-refractivity contribution in [1.29, 1.82) is 0 Å². The van der Waals surface area contributed by atoms with Crippen molar-refractivity contribution in [1.82, 2.24) is 0 Å². The van der Waals surface area contributed by atoms with Crippen molar-refractivity contribution in [3.63, 3.8) is 0 Å². The molecule has 5 rings (SSSR count). The normalized spacial score (nSPS) is 34.2. The Kier molecular flexibility index (Phi) is 17.1. The van der Waals surface area contributed by atoms with Gasteiger partial charge in [-0.15, -0.1) is 0 Å². The van der Waals surface area contributed by atoms with Crippen LogP contribution in [0.25, 0.3) is 0 Å². The highest BCUT2D eigenvalue weighted by Gasteiger charge is 2.57. The van der Waals surface area contributed by atoms with Crippen LogP contribution in [0.3, 0.4) is 0 Å². The predicted molar refractivity (Wildman–Crippen MR) is 207 cm³/mol. The number of hydrogen-bond donors (Lipinski definition) is 3. The minimum atomic E-state index is -2.31. The van der Waals surface area contributed by atoms with E-state index in [0.717, 1.165) is 31.8 Å². The van der Waals surface area contributed by atoms with E-state index in [4.69, 9.17) is 42.3 Å². The predicted octanol–water partition coefficient (Wildman–Crippen LogP) is 4.75. The molecule has 0 saturated carbocycles. The number of cyclic esters (lactones) is 1. The highest BCUT2D eigenvalue weighted by Crippen LogP contribution is 2.47. The van der Waals surface area contributed by atoms with E-state index in [1.807, 2.05) is 0 Å². The van der Waals surface area contributed by atoms with Crippen LogP contribution in [0, 0.1) is 5.41 Å². The Balaban J connectivity index is 1.44. The smallest absolute Gasteiger partial charge is 0.374 e. The van der Waals surface area contributed by atoms with E-state index in [1.54, 1.807) is 32.1 Å². The maximum absolute atomic E-state index is 13.4. The fraction of sp³-hybridized carbons (Fsp3) is 0.721. The molecule has 330 valence electrons. The van der Waals surface area contributed by atoms with Gasteiger partial charge in [-0.05, 0) is 43.0 Å². The number of unbranched alkanes of at least 4 members (excludes halogenated alkanes) is 4. The molecule has 0 aromatic carbocycles. The molecule has 0 amide bonds. The summed E-state index contributed by atoms with van der Waals surface area (Å²) in [5.41, 5.74) is -1.16. The van der Waals surface area contributed by atoms with E-state index in [1.165, 1.54) is 19.4 Å². The van der Waals surface area contributed by atoms with Crippen molar-refractivity contribution in [3.05, 3.63) is 48.0 Å². The number of methoxy groups -OCH3 is 1. The summed E-state index contributed by atoms with van der Waals surface area (Å²) in [6, 6.07) is 3.10. The fourth-order valence-electron chi connectivity index (χ4n) is 8.12. The second-order valence-electron chi connectivity index (χ2n) is 16.5. The first-order chi connectivity index (χ1) is 28.2. The highest BCUT2D eigenvalue weighted by atomic mass is 16.7. The van der Waals surface area contributed by atoms with E-state index in [-0.39, 0.29) is 49.5 Å². The molecule has 5 heterocycles. The third-order valence-corrected chi connectivity index (χ3v) is 11.3. The number of aliphatic hydroxyl groups is 3. The number of ether oxygens (including phenoxy) is 8. The zero-order chi connectivity index (χ0) is 42.6. The van der Waals surface area contributed by atoms with Gasteiger partial charge in [-0.1, -0.05) is 52.5 Å². The topological polar surface area (TPSA) is 216 Å². The van der Waals surface area contributed by atoms with Gasteiger partial charge in [-0.25, -0.2) is 9.59 Å². The molecule has 0 aliphatic carbocycles. The zero-order valence-corrected chi connectivity index (χ0v) is 34.6. The summed E-state index contributed by atoms with van der Waals surface area (Å²) >= 11 is 0. The second kappa shape index (κ2) is 21.7. The Bertz CT molecular complexity index is 1590. The van der Waals surface area contributed by atoms with Crippen LogP contribution in [0.4, 0.5) is 0 Å². The first-order valence-corrected chi connectivity index (χ1v) is 20.9. The van der Waals surface area contributed by atoms with E-state index in [0.29, 0.717) is 32.3 Å². The van der Waals surface area contributed by atoms with Gasteiger partial charge in [-0.3, -0.25) is 9.59 Å². The lowest BCUT2D eigenvalue weighted by Crippen LogP contribution is -2.62. The number of hydrogen-bond acceptors (Lipinski definition) is 16. The summed E-state index contributed by atoms with van der Waals surface area (Å²) in [6.45, 7) is 5.15. The number of fused-ring (bicyclic) bond motifs is 6. The first-order valence-electron chi connectivity index (χ1n) is 20.9. The van der Waals surface area contributed by atoms with Crippen LogP contribution in [-0.2, 0) is 52.3 Å². The molecule has 4 aliphatic heterocycles. The van der Waals surface area contributed by atoms with Gasteiger partial charge in [0, 0.05) is 50.0 Å². The largest absolute Gasteiger partial charge is 0.466 e. The maximum atomic E-state index is 13.4. The average Bonchev–Trinajstić information content (AvgIpc) is 3.73. The van der Waals surface area contributed by atoms with Crippen molar-refractivity contribution in [2.24, 2.45) is 5.41 Å². The van der Waals surface area contributed by atoms with Gasteiger partial charge in [0.2, 0.25) is 11.5 Å². The molecule has 6 bridgehead atoms. The fourth-order valence-corrected chi connectivity index (χ4v) is 8.12. The molecule has 1 aromatic heterocycles. The molecule has 4 aliphatic rings. The molecule has 59 heavy (non-hydrogen) atoms. The number of carbonyl (C=O) groups is 4. The third-order valence-electron chi connectivity index (χ3n) is 11.3. The summed E-state index contributed by atoms with van der Waals surface area (Å²) < 4.78 is 52.7. The van der Waals surface area contributed by atoms with Crippen molar-refractivity contribution in [2.45, 2.75) is 172 Å². The van der Waals surface area contributed by atoms with Crippen LogP contribution in [0.15, 0.2) is 46.6 Å². The summed E-state index contributed by atoms with van der Waals surface area (Å²) in [6.07, 6.45) is 3.69. The number of furan rings is 1. The molecule has 0 spiro atoms. The Morgan fingerprint density at radius 2 is 1.71 bits per heavy atom. The quantitative estimate of drug-likeness (QED) is 0.0901. The third kappa shape index (κ3) is 13.2. The minimum absolute atomic E-state index is 0.0264. The Morgan fingerprint density at radius 3 is 2.42 bits per heavy atom.